The van der Waals surface area contributed by atoms with Gasteiger partial charge in [-0.05, 0) is 42.0 Å². The molecular formula is C22H20ClN3O6. The van der Waals surface area contributed by atoms with Crippen LogP contribution in [-0.4, -0.2) is 45.6 Å². The number of aromatic amines is 1. The number of aliphatic carboxylic acids is 1. The van der Waals surface area contributed by atoms with E-state index in [1.54, 1.807) is 48.5 Å². The van der Waals surface area contributed by atoms with Gasteiger partial charge in [-0.25, -0.2) is 9.36 Å². The van der Waals surface area contributed by atoms with Crippen LogP contribution in [0.4, 0.5) is 0 Å². The molecule has 10 heteroatoms. The van der Waals surface area contributed by atoms with Gasteiger partial charge in [0.1, 0.15) is 11.3 Å². The van der Waals surface area contributed by atoms with Gasteiger partial charge in [-0.15, -0.1) is 0 Å². The monoisotopic (exact) mass is 457 g/mol. The van der Waals surface area contributed by atoms with E-state index in [1.807, 2.05) is 0 Å². The molecule has 3 N–H and O–H groups in total. The highest BCUT2D eigenvalue weighted by molar-refractivity contribution is 6.30. The highest BCUT2D eigenvalue weighted by Gasteiger charge is 2.17. The first-order valence-corrected chi connectivity index (χ1v) is 9.87. The number of nitrogens with one attached hydrogen (secondary N) is 1. The lowest BCUT2D eigenvalue weighted by Gasteiger charge is -2.13. The van der Waals surface area contributed by atoms with E-state index >= 15 is 0 Å². The van der Waals surface area contributed by atoms with Crippen molar-refractivity contribution >= 4 is 23.8 Å². The van der Waals surface area contributed by atoms with E-state index in [9.17, 15) is 24.6 Å². The number of carboxylic acid groups (broad SMARTS) is 1. The Morgan fingerprint density at radius 2 is 1.84 bits per heavy atom. The molecule has 0 aliphatic heterocycles. The Hall–Kier alpha value is -3.85. The summed E-state index contributed by atoms with van der Waals surface area (Å²) >= 11 is 5.89. The first-order chi connectivity index (χ1) is 15.3. The number of aromatic nitrogens is 2. The van der Waals surface area contributed by atoms with Crippen molar-refractivity contribution in [3.8, 4) is 17.3 Å². The molecule has 166 valence electrons. The summed E-state index contributed by atoms with van der Waals surface area (Å²) in [7, 11) is 1.49. The van der Waals surface area contributed by atoms with Crippen molar-refractivity contribution in [1.82, 2.24) is 9.55 Å². The maximum atomic E-state index is 12.3. The number of benzene rings is 2. The van der Waals surface area contributed by atoms with Gasteiger partial charge in [0.2, 0.25) is 5.88 Å². The second-order valence-corrected chi connectivity index (χ2v) is 7.31. The Morgan fingerprint density at radius 3 is 2.44 bits per heavy atom. The molecule has 1 heterocycles. The lowest BCUT2D eigenvalue weighted by atomic mass is 9.96. The number of aliphatic imine (C=N–C) groups is 1. The Morgan fingerprint density at radius 1 is 1.19 bits per heavy atom. The molecule has 0 aliphatic rings. The quantitative estimate of drug-likeness (QED) is 0.445. The molecule has 2 aromatic carbocycles. The third kappa shape index (κ3) is 5.25. The van der Waals surface area contributed by atoms with Crippen LogP contribution < -0.4 is 16.0 Å². The minimum atomic E-state index is -1.01. The number of rotatable bonds is 8. The van der Waals surface area contributed by atoms with Crippen LogP contribution in [0.3, 0.4) is 0 Å². The fraction of sp³-hybridized carbons (Fsp3) is 0.182. The van der Waals surface area contributed by atoms with Gasteiger partial charge in [0.25, 0.3) is 5.56 Å². The average Bonchev–Trinajstić information content (AvgIpc) is 2.76. The maximum Gasteiger partial charge on any atom is 0.335 e. The fourth-order valence-corrected chi connectivity index (χ4v) is 3.26. The molecule has 0 bridgehead atoms. The zero-order chi connectivity index (χ0) is 23.3. The summed E-state index contributed by atoms with van der Waals surface area (Å²) in [6, 6.07) is 13.0. The van der Waals surface area contributed by atoms with Gasteiger partial charge in [-0.1, -0.05) is 23.7 Å². The van der Waals surface area contributed by atoms with E-state index in [4.69, 9.17) is 16.3 Å². The van der Waals surface area contributed by atoms with E-state index in [0.717, 1.165) is 16.3 Å². The normalized spacial score (nSPS) is 12.1. The summed E-state index contributed by atoms with van der Waals surface area (Å²) in [5.74, 6) is -1.52. The number of carboxylic acids is 1. The van der Waals surface area contributed by atoms with Crippen LogP contribution in [-0.2, 0) is 4.79 Å². The van der Waals surface area contributed by atoms with Crippen molar-refractivity contribution in [2.45, 2.75) is 12.3 Å². The minimum Gasteiger partial charge on any atom is -0.497 e. The first-order valence-electron chi connectivity index (χ1n) is 9.50. The van der Waals surface area contributed by atoms with E-state index in [-0.39, 0.29) is 18.5 Å². The largest absolute Gasteiger partial charge is 0.497 e. The number of aromatic hydroxyl groups is 1. The van der Waals surface area contributed by atoms with Gasteiger partial charge in [0.05, 0.1) is 19.2 Å². The molecule has 0 aliphatic carbocycles. The zero-order valence-electron chi connectivity index (χ0n) is 17.0. The highest BCUT2D eigenvalue weighted by Crippen LogP contribution is 2.23. The molecule has 0 fully saturated rings. The SMILES string of the molecule is COc1ccc(-n2c(O)c(C=NC[C@@H](CC(=O)O)c3ccc(Cl)cc3)c(=O)[nH]c2=O)cc1. The summed E-state index contributed by atoms with van der Waals surface area (Å²) < 4.78 is 6.00. The van der Waals surface area contributed by atoms with Gasteiger partial charge in [-0.3, -0.25) is 19.6 Å². The molecule has 1 aromatic heterocycles. The highest BCUT2D eigenvalue weighted by atomic mass is 35.5. The number of methoxy groups -OCH3 is 1. The van der Waals surface area contributed by atoms with Crippen LogP contribution in [0.15, 0.2) is 63.1 Å². The molecule has 0 unspecified atom stereocenters. The summed E-state index contributed by atoms with van der Waals surface area (Å²) in [5.41, 5.74) is -0.841. The molecule has 0 amide bonds. The summed E-state index contributed by atoms with van der Waals surface area (Å²) in [6.45, 7) is 0.0362. The van der Waals surface area contributed by atoms with E-state index < -0.39 is 29.0 Å². The van der Waals surface area contributed by atoms with Crippen molar-refractivity contribution in [3.63, 3.8) is 0 Å². The average molecular weight is 458 g/mol. The van der Waals surface area contributed by atoms with E-state index in [1.165, 1.54) is 7.11 Å². The van der Waals surface area contributed by atoms with Crippen LogP contribution >= 0.6 is 11.6 Å². The van der Waals surface area contributed by atoms with Gasteiger partial charge >= 0.3 is 11.7 Å². The lowest BCUT2D eigenvalue weighted by Crippen LogP contribution is -2.31. The maximum absolute atomic E-state index is 12.3. The Kier molecular flexibility index (Phi) is 7.11. The third-order valence-electron chi connectivity index (χ3n) is 4.76. The molecule has 9 nitrogen and oxygen atoms in total. The number of ether oxygens (including phenoxy) is 1. The molecule has 32 heavy (non-hydrogen) atoms. The van der Waals surface area contributed by atoms with Crippen LogP contribution in [0.1, 0.15) is 23.5 Å². The standard InChI is InChI=1S/C22H20ClN3O6/c1-32-17-8-6-16(7-9-17)26-21(30)18(20(29)25-22(26)31)12-24-11-14(10-19(27)28)13-2-4-15(23)5-3-13/h2-9,12,14,30H,10-11H2,1H3,(H,27,28)(H,25,29,31)/t14-/m1/s1. The number of H-pyrrole nitrogens is 1. The summed E-state index contributed by atoms with van der Waals surface area (Å²) in [6.07, 6.45) is 0.936. The second-order valence-electron chi connectivity index (χ2n) is 6.87. The predicted molar refractivity (Wildman–Crippen MR) is 120 cm³/mol. The van der Waals surface area contributed by atoms with Crippen LogP contribution in [0.5, 0.6) is 11.6 Å². The topological polar surface area (TPSA) is 134 Å². The Balaban J connectivity index is 1.93. The van der Waals surface area contributed by atoms with Crippen molar-refractivity contribution in [3.05, 3.63) is 85.5 Å². The van der Waals surface area contributed by atoms with Crippen LogP contribution in [0.2, 0.25) is 5.02 Å². The smallest absolute Gasteiger partial charge is 0.335 e. The number of hydrogen-bond donors (Lipinski definition) is 3. The molecular weight excluding hydrogens is 438 g/mol. The van der Waals surface area contributed by atoms with E-state index in [2.05, 4.69) is 9.98 Å². The molecule has 1 atom stereocenters. The lowest BCUT2D eigenvalue weighted by molar-refractivity contribution is -0.137. The van der Waals surface area contributed by atoms with Gasteiger partial charge in [0.15, 0.2) is 0 Å². The third-order valence-corrected chi connectivity index (χ3v) is 5.01. The van der Waals surface area contributed by atoms with Crippen molar-refractivity contribution in [2.75, 3.05) is 13.7 Å². The number of hydrogen-bond acceptors (Lipinski definition) is 6. The predicted octanol–water partition coefficient (Wildman–Crippen LogP) is 2.57. The number of halogens is 1. The van der Waals surface area contributed by atoms with Gasteiger partial charge < -0.3 is 14.9 Å². The fourth-order valence-electron chi connectivity index (χ4n) is 3.13. The number of carbonyl (C=O) groups is 1. The minimum absolute atomic E-state index is 0.0362. The molecule has 0 radical (unpaired) electrons. The Labute approximate surface area is 187 Å². The second kappa shape index (κ2) is 9.97. The van der Waals surface area contributed by atoms with Crippen molar-refractivity contribution < 1.29 is 19.7 Å². The summed E-state index contributed by atoms with van der Waals surface area (Å²) in [4.78, 5) is 42.1. The van der Waals surface area contributed by atoms with Gasteiger partial charge in [0, 0.05) is 23.7 Å². The van der Waals surface area contributed by atoms with Crippen molar-refractivity contribution in [2.24, 2.45) is 4.99 Å². The molecule has 0 saturated carbocycles. The number of nitrogens with zero attached hydrogens (tertiary/aromatic N) is 2. The molecule has 0 saturated heterocycles. The van der Waals surface area contributed by atoms with E-state index in [0.29, 0.717) is 16.5 Å². The Bertz CT molecular complexity index is 1250. The van der Waals surface area contributed by atoms with Crippen LogP contribution in [0.25, 0.3) is 5.69 Å². The van der Waals surface area contributed by atoms with Crippen LogP contribution in [0, 0.1) is 0 Å². The van der Waals surface area contributed by atoms with Gasteiger partial charge in [-0.2, -0.15) is 0 Å². The molecule has 0 spiro atoms. The molecule has 3 aromatic rings. The first kappa shape index (κ1) is 22.8. The molecule has 3 rings (SSSR count). The summed E-state index contributed by atoms with van der Waals surface area (Å²) in [5, 5.41) is 20.3. The van der Waals surface area contributed by atoms with Crippen molar-refractivity contribution in [1.29, 1.82) is 0 Å². The zero-order valence-corrected chi connectivity index (χ0v) is 17.7.